The third kappa shape index (κ3) is 6.17. The zero-order valence-electron chi connectivity index (χ0n) is 17.6. The van der Waals surface area contributed by atoms with E-state index in [0.29, 0.717) is 18.4 Å². The van der Waals surface area contributed by atoms with Gasteiger partial charge in [0.15, 0.2) is 0 Å². The number of nitrogens with zero attached hydrogens (tertiary/aromatic N) is 1. The van der Waals surface area contributed by atoms with Gasteiger partial charge in [-0.05, 0) is 81.0 Å². The Morgan fingerprint density at radius 1 is 0.929 bits per heavy atom. The fourth-order valence-corrected chi connectivity index (χ4v) is 4.50. The molecular formula is C26H36FN. The van der Waals surface area contributed by atoms with Crippen LogP contribution in [0.2, 0.25) is 0 Å². The fourth-order valence-electron chi connectivity index (χ4n) is 4.50. The van der Waals surface area contributed by atoms with Crippen molar-refractivity contribution in [3.63, 3.8) is 0 Å². The molecule has 0 amide bonds. The lowest BCUT2D eigenvalue weighted by molar-refractivity contribution is 0.202. The van der Waals surface area contributed by atoms with E-state index in [1.807, 2.05) is 0 Å². The van der Waals surface area contributed by atoms with E-state index in [1.165, 1.54) is 36.1 Å². The second-order valence-corrected chi connectivity index (χ2v) is 8.51. The van der Waals surface area contributed by atoms with Crippen molar-refractivity contribution < 1.29 is 4.39 Å². The Labute approximate surface area is 171 Å². The zero-order chi connectivity index (χ0) is 19.8. The van der Waals surface area contributed by atoms with E-state index in [2.05, 4.69) is 73.3 Å². The molecule has 2 heteroatoms. The molecule has 0 saturated heterocycles. The Bertz CT molecular complexity index is 681. The van der Waals surface area contributed by atoms with Gasteiger partial charge in [0.05, 0.1) is 0 Å². The second kappa shape index (κ2) is 10.8. The van der Waals surface area contributed by atoms with Crippen LogP contribution in [0.15, 0.2) is 54.6 Å². The minimum Gasteiger partial charge on any atom is -0.300 e. The van der Waals surface area contributed by atoms with Crippen LogP contribution in [-0.2, 0) is 12.8 Å². The van der Waals surface area contributed by atoms with Gasteiger partial charge >= 0.3 is 0 Å². The van der Waals surface area contributed by atoms with Gasteiger partial charge in [0.25, 0.3) is 0 Å². The van der Waals surface area contributed by atoms with Crippen molar-refractivity contribution in [2.24, 2.45) is 0 Å². The molecule has 2 aromatic carbocycles. The maximum absolute atomic E-state index is 13.5. The van der Waals surface area contributed by atoms with Crippen LogP contribution in [0.3, 0.4) is 0 Å². The summed E-state index contributed by atoms with van der Waals surface area (Å²) in [6, 6.07) is 20.4. The molecule has 0 bridgehead atoms. The third-order valence-corrected chi connectivity index (χ3v) is 6.34. The van der Waals surface area contributed by atoms with E-state index in [0.717, 1.165) is 32.2 Å². The summed E-state index contributed by atoms with van der Waals surface area (Å²) < 4.78 is 13.5. The molecule has 152 valence electrons. The Morgan fingerprint density at radius 3 is 2.29 bits per heavy atom. The van der Waals surface area contributed by atoms with Crippen LogP contribution in [0.5, 0.6) is 0 Å². The number of rotatable bonds is 10. The quantitative estimate of drug-likeness (QED) is 0.450. The number of aryl methyl sites for hydroxylation is 1. The monoisotopic (exact) mass is 381 g/mol. The highest BCUT2D eigenvalue weighted by Gasteiger charge is 2.25. The molecule has 3 unspecified atom stereocenters. The number of alkyl halides is 1. The fraction of sp³-hybridized carbons (Fsp3) is 0.538. The summed E-state index contributed by atoms with van der Waals surface area (Å²) >= 11 is 0. The molecule has 1 aliphatic rings. The van der Waals surface area contributed by atoms with Gasteiger partial charge in [0.2, 0.25) is 0 Å². The van der Waals surface area contributed by atoms with Crippen LogP contribution in [0.4, 0.5) is 4.39 Å². The molecule has 0 N–H and O–H groups in total. The first-order valence-electron chi connectivity index (χ1n) is 11.2. The Kier molecular flexibility index (Phi) is 8.09. The zero-order valence-corrected chi connectivity index (χ0v) is 17.6. The average molecular weight is 382 g/mol. The predicted molar refractivity (Wildman–Crippen MR) is 118 cm³/mol. The van der Waals surface area contributed by atoms with Gasteiger partial charge in [-0.3, -0.25) is 0 Å². The molecule has 0 aliphatic heterocycles. The summed E-state index contributed by atoms with van der Waals surface area (Å²) in [5, 5.41) is 0. The van der Waals surface area contributed by atoms with Crippen molar-refractivity contribution in [1.82, 2.24) is 4.90 Å². The van der Waals surface area contributed by atoms with Gasteiger partial charge < -0.3 is 4.90 Å². The summed E-state index contributed by atoms with van der Waals surface area (Å²) in [4.78, 5) is 2.64. The lowest BCUT2D eigenvalue weighted by Gasteiger charge is -2.29. The smallest absolute Gasteiger partial charge is 0.101 e. The number of benzene rings is 2. The van der Waals surface area contributed by atoms with Gasteiger partial charge in [-0.1, -0.05) is 61.5 Å². The average Bonchev–Trinajstić information content (AvgIpc) is 3.17. The van der Waals surface area contributed by atoms with Crippen molar-refractivity contribution >= 4 is 0 Å². The van der Waals surface area contributed by atoms with E-state index < -0.39 is 6.17 Å². The first kappa shape index (κ1) is 21.0. The normalized spacial score (nSPS) is 20.6. The molecule has 0 radical (unpaired) electrons. The summed E-state index contributed by atoms with van der Waals surface area (Å²) in [7, 11) is 0. The Balaban J connectivity index is 1.48. The van der Waals surface area contributed by atoms with Gasteiger partial charge in [-0.25, -0.2) is 4.39 Å². The van der Waals surface area contributed by atoms with E-state index in [9.17, 15) is 4.39 Å². The van der Waals surface area contributed by atoms with Crippen molar-refractivity contribution in [3.8, 4) is 0 Å². The molecular weight excluding hydrogens is 345 g/mol. The summed E-state index contributed by atoms with van der Waals surface area (Å²) in [5.41, 5.74) is 4.16. The molecule has 1 fully saturated rings. The first-order chi connectivity index (χ1) is 13.7. The molecule has 2 aromatic rings. The molecule has 3 rings (SSSR count). The molecule has 0 spiro atoms. The topological polar surface area (TPSA) is 3.24 Å². The van der Waals surface area contributed by atoms with E-state index in [1.54, 1.807) is 0 Å². The van der Waals surface area contributed by atoms with Gasteiger partial charge in [-0.2, -0.15) is 0 Å². The molecule has 3 atom stereocenters. The van der Waals surface area contributed by atoms with Gasteiger partial charge in [-0.15, -0.1) is 0 Å². The molecule has 0 heterocycles. The molecule has 1 saturated carbocycles. The van der Waals surface area contributed by atoms with Crippen LogP contribution in [0.25, 0.3) is 0 Å². The summed E-state index contributed by atoms with van der Waals surface area (Å²) in [6.07, 6.45) is 6.48. The molecule has 0 aromatic heterocycles. The largest absolute Gasteiger partial charge is 0.300 e. The second-order valence-electron chi connectivity index (χ2n) is 8.51. The van der Waals surface area contributed by atoms with Crippen LogP contribution in [-0.4, -0.2) is 30.2 Å². The minimum absolute atomic E-state index is 0.431. The van der Waals surface area contributed by atoms with E-state index >= 15 is 0 Å². The van der Waals surface area contributed by atoms with Gasteiger partial charge in [0, 0.05) is 12.6 Å². The highest BCUT2D eigenvalue weighted by Crippen LogP contribution is 2.36. The molecule has 1 nitrogen and oxygen atoms in total. The summed E-state index contributed by atoms with van der Waals surface area (Å²) in [6.45, 7) is 6.93. The SMILES string of the molecule is CCCN(CCc1ccccc1)C(C)CCc1ccc(C2CCC(F)C2)cc1. The number of hydrogen-bond acceptors (Lipinski definition) is 1. The predicted octanol–water partition coefficient (Wildman–Crippen LogP) is 6.57. The Hall–Kier alpha value is -1.67. The van der Waals surface area contributed by atoms with Crippen LogP contribution in [0, 0.1) is 0 Å². The first-order valence-corrected chi connectivity index (χ1v) is 11.2. The van der Waals surface area contributed by atoms with E-state index in [-0.39, 0.29) is 0 Å². The lowest BCUT2D eigenvalue weighted by Crippen LogP contribution is -2.35. The highest BCUT2D eigenvalue weighted by molar-refractivity contribution is 5.26. The summed E-state index contributed by atoms with van der Waals surface area (Å²) in [5.74, 6) is 0.431. The molecule has 28 heavy (non-hydrogen) atoms. The number of hydrogen-bond donors (Lipinski definition) is 0. The molecule has 1 aliphatic carbocycles. The van der Waals surface area contributed by atoms with Crippen LogP contribution in [0.1, 0.15) is 68.6 Å². The van der Waals surface area contributed by atoms with E-state index in [4.69, 9.17) is 0 Å². The highest BCUT2D eigenvalue weighted by atomic mass is 19.1. The lowest BCUT2D eigenvalue weighted by atomic mass is 9.95. The Morgan fingerprint density at radius 2 is 1.64 bits per heavy atom. The maximum atomic E-state index is 13.5. The standard InChI is InChI=1S/C26H36FN/c1-3-18-28(19-17-22-7-5-4-6-8-22)21(2)9-10-23-11-13-24(14-12-23)25-15-16-26(27)20-25/h4-8,11-14,21,25-26H,3,9-10,15-20H2,1-2H3. The van der Waals surface area contributed by atoms with Crippen molar-refractivity contribution in [2.45, 2.75) is 76.9 Å². The maximum Gasteiger partial charge on any atom is 0.101 e. The number of halogens is 1. The van der Waals surface area contributed by atoms with Gasteiger partial charge in [0.1, 0.15) is 6.17 Å². The van der Waals surface area contributed by atoms with Crippen molar-refractivity contribution in [3.05, 3.63) is 71.3 Å². The van der Waals surface area contributed by atoms with Crippen molar-refractivity contribution in [1.29, 1.82) is 0 Å². The van der Waals surface area contributed by atoms with Crippen LogP contribution < -0.4 is 0 Å². The third-order valence-electron chi connectivity index (χ3n) is 6.34. The van der Waals surface area contributed by atoms with Crippen LogP contribution >= 0.6 is 0 Å². The minimum atomic E-state index is -0.592. The van der Waals surface area contributed by atoms with Crippen molar-refractivity contribution in [2.75, 3.05) is 13.1 Å².